The van der Waals surface area contributed by atoms with Crippen molar-refractivity contribution in [1.29, 1.82) is 0 Å². The molecular formula is C28H34F2Si. The minimum Gasteiger partial charge on any atom is -0.234 e. The molecule has 0 spiro atoms. The van der Waals surface area contributed by atoms with Gasteiger partial charge in [-0.2, -0.15) is 0 Å². The average Bonchev–Trinajstić information content (AvgIpc) is 2.80. The summed E-state index contributed by atoms with van der Waals surface area (Å²) in [5, 5.41) is 0. The molecule has 2 aromatic rings. The molecule has 1 heterocycles. The van der Waals surface area contributed by atoms with Gasteiger partial charge < -0.3 is 0 Å². The quantitative estimate of drug-likeness (QED) is 0.302. The van der Waals surface area contributed by atoms with Crippen molar-refractivity contribution < 1.29 is 8.78 Å². The van der Waals surface area contributed by atoms with E-state index in [0.29, 0.717) is 17.9 Å². The Balaban J connectivity index is 1.54. The van der Waals surface area contributed by atoms with Crippen LogP contribution in [0.4, 0.5) is 8.78 Å². The average molecular weight is 437 g/mol. The highest BCUT2D eigenvalue weighted by Gasteiger charge is 2.35. The van der Waals surface area contributed by atoms with Gasteiger partial charge in [0.25, 0.3) is 0 Å². The van der Waals surface area contributed by atoms with Crippen molar-refractivity contribution in [3.05, 3.63) is 83.7 Å². The van der Waals surface area contributed by atoms with Gasteiger partial charge in [-0.25, -0.2) is 8.78 Å². The van der Waals surface area contributed by atoms with Crippen LogP contribution in [0.1, 0.15) is 51.0 Å². The number of hydrogen-bond donors (Lipinski definition) is 0. The van der Waals surface area contributed by atoms with E-state index >= 15 is 4.39 Å². The van der Waals surface area contributed by atoms with Gasteiger partial charge in [0.05, 0.1) is 0 Å². The highest BCUT2D eigenvalue weighted by molar-refractivity contribution is 6.59. The Kier molecular flexibility index (Phi) is 7.22. The van der Waals surface area contributed by atoms with Crippen LogP contribution in [0.2, 0.25) is 18.1 Å². The molecule has 0 radical (unpaired) electrons. The molecule has 31 heavy (non-hydrogen) atoms. The first-order chi connectivity index (χ1) is 15.1. The van der Waals surface area contributed by atoms with Crippen LogP contribution in [0.25, 0.3) is 11.1 Å². The second-order valence-electron chi connectivity index (χ2n) is 9.38. The Hall–Kier alpha value is -2.00. The monoisotopic (exact) mass is 436 g/mol. The summed E-state index contributed by atoms with van der Waals surface area (Å²) in [5.41, 5.74) is 1.79. The van der Waals surface area contributed by atoms with Gasteiger partial charge in [-0.15, -0.1) is 0 Å². The number of benzene rings is 2. The maximum atomic E-state index is 16.4. The normalized spacial score (nSPS) is 26.0. The van der Waals surface area contributed by atoms with Crippen LogP contribution in [0, 0.1) is 11.7 Å². The summed E-state index contributed by atoms with van der Waals surface area (Å²) in [4.78, 5) is 0. The first kappa shape index (κ1) is 22.2. The van der Waals surface area contributed by atoms with Crippen LogP contribution in [0.5, 0.6) is 0 Å². The topological polar surface area (TPSA) is 0 Å². The van der Waals surface area contributed by atoms with Crippen molar-refractivity contribution in [1.82, 2.24) is 0 Å². The van der Waals surface area contributed by atoms with Crippen molar-refractivity contribution in [2.24, 2.45) is 5.92 Å². The van der Waals surface area contributed by atoms with Gasteiger partial charge in [0.15, 0.2) is 5.67 Å². The highest BCUT2D eigenvalue weighted by Crippen LogP contribution is 2.44. The van der Waals surface area contributed by atoms with Crippen molar-refractivity contribution in [3.63, 3.8) is 0 Å². The molecular weight excluding hydrogens is 402 g/mol. The van der Waals surface area contributed by atoms with Crippen LogP contribution in [0.15, 0.2) is 72.3 Å². The molecule has 3 heteroatoms. The maximum Gasteiger partial charge on any atom is 0.158 e. The number of hydrogen-bond acceptors (Lipinski definition) is 0. The number of allylic oxidation sites excluding steroid dienone is 4. The zero-order valence-electron chi connectivity index (χ0n) is 18.6. The third-order valence-electron chi connectivity index (χ3n) is 7.17. The van der Waals surface area contributed by atoms with Gasteiger partial charge in [-0.1, -0.05) is 92.9 Å². The molecule has 1 aliphatic heterocycles. The third kappa shape index (κ3) is 5.26. The minimum absolute atomic E-state index is 0.292. The Bertz CT molecular complexity index is 940. The van der Waals surface area contributed by atoms with E-state index in [0.717, 1.165) is 11.1 Å². The predicted octanol–water partition coefficient (Wildman–Crippen LogP) is 8.37. The standard InChI is InChI=1S/C28H34F2Si/c1-2-3-6-17-31-18-14-22(15-19-31)24-10-8-16-28(30,21-24)27-13-5-4-12-26(27)23-9-7-11-25(29)20-23/h4-5,7-13,20-22,31H,2-3,6,14-19H2,1H3/t22-,28?,31-. The maximum absolute atomic E-state index is 16.4. The number of rotatable bonds is 7. The first-order valence-corrected chi connectivity index (χ1v) is 14.5. The van der Waals surface area contributed by atoms with E-state index in [2.05, 4.69) is 13.0 Å². The zero-order chi connectivity index (χ0) is 21.7. The number of unbranched alkanes of at least 4 members (excludes halogenated alkanes) is 2. The Labute approximate surface area is 187 Å². The van der Waals surface area contributed by atoms with Crippen LogP contribution in [-0.2, 0) is 5.67 Å². The molecule has 4 rings (SSSR count). The first-order valence-electron chi connectivity index (χ1n) is 12.0. The van der Waals surface area contributed by atoms with Crippen molar-refractivity contribution in [2.45, 2.75) is 69.2 Å². The Morgan fingerprint density at radius 1 is 1.03 bits per heavy atom. The Morgan fingerprint density at radius 2 is 1.84 bits per heavy atom. The largest absolute Gasteiger partial charge is 0.234 e. The second kappa shape index (κ2) is 10.1. The summed E-state index contributed by atoms with van der Waals surface area (Å²) in [7, 11) is -0.578. The second-order valence-corrected chi connectivity index (χ2v) is 12.8. The summed E-state index contributed by atoms with van der Waals surface area (Å²) < 4.78 is 30.3. The molecule has 0 N–H and O–H groups in total. The van der Waals surface area contributed by atoms with Gasteiger partial charge in [-0.05, 0) is 53.7 Å². The molecule has 0 amide bonds. The minimum atomic E-state index is -1.54. The highest BCUT2D eigenvalue weighted by atomic mass is 28.3. The summed E-state index contributed by atoms with van der Waals surface area (Å²) in [6.07, 6.45) is 12.9. The van der Waals surface area contributed by atoms with E-state index in [4.69, 9.17) is 0 Å². The van der Waals surface area contributed by atoms with Crippen LogP contribution >= 0.6 is 0 Å². The molecule has 1 atom stereocenters. The van der Waals surface area contributed by atoms with Gasteiger partial charge in [0, 0.05) is 20.8 Å². The summed E-state index contributed by atoms with van der Waals surface area (Å²) >= 11 is 0. The summed E-state index contributed by atoms with van der Waals surface area (Å²) in [6, 6.07) is 18.3. The van der Waals surface area contributed by atoms with Crippen molar-refractivity contribution in [3.8, 4) is 11.1 Å². The fraction of sp³-hybridized carbons (Fsp3) is 0.429. The Morgan fingerprint density at radius 3 is 2.61 bits per heavy atom. The third-order valence-corrected chi connectivity index (χ3v) is 10.7. The molecule has 0 saturated carbocycles. The zero-order valence-corrected chi connectivity index (χ0v) is 19.8. The van der Waals surface area contributed by atoms with Crippen LogP contribution in [0.3, 0.4) is 0 Å². The van der Waals surface area contributed by atoms with Gasteiger partial charge in [0.2, 0.25) is 0 Å². The molecule has 0 aromatic heterocycles. The van der Waals surface area contributed by atoms with E-state index in [1.807, 2.05) is 42.5 Å². The fourth-order valence-electron chi connectivity index (χ4n) is 5.40. The lowest BCUT2D eigenvalue weighted by Crippen LogP contribution is -2.25. The van der Waals surface area contributed by atoms with Crippen molar-refractivity contribution >= 4 is 8.80 Å². The van der Waals surface area contributed by atoms with E-state index in [1.165, 1.54) is 67.9 Å². The lowest BCUT2D eigenvalue weighted by atomic mass is 9.79. The molecule has 2 aliphatic rings. The lowest BCUT2D eigenvalue weighted by molar-refractivity contribution is 0.233. The van der Waals surface area contributed by atoms with E-state index < -0.39 is 14.5 Å². The molecule has 0 bridgehead atoms. The molecule has 1 aliphatic carbocycles. The van der Waals surface area contributed by atoms with Gasteiger partial charge >= 0.3 is 0 Å². The molecule has 1 unspecified atom stereocenters. The molecule has 1 saturated heterocycles. The SMILES string of the molecule is CCCCC[Si@H]1CC[C@H](C2=CC(F)(c3ccccc3-c3cccc(F)c3)CC=C2)CC1. The van der Waals surface area contributed by atoms with E-state index in [-0.39, 0.29) is 5.82 Å². The van der Waals surface area contributed by atoms with Gasteiger partial charge in [-0.3, -0.25) is 0 Å². The molecule has 164 valence electrons. The van der Waals surface area contributed by atoms with Crippen LogP contribution < -0.4 is 0 Å². The molecule has 0 nitrogen and oxygen atoms in total. The van der Waals surface area contributed by atoms with E-state index in [9.17, 15) is 4.39 Å². The fourth-order valence-corrected chi connectivity index (χ4v) is 8.88. The van der Waals surface area contributed by atoms with E-state index in [1.54, 1.807) is 6.07 Å². The van der Waals surface area contributed by atoms with Crippen LogP contribution in [-0.4, -0.2) is 8.80 Å². The number of halogens is 2. The smallest absolute Gasteiger partial charge is 0.158 e. The van der Waals surface area contributed by atoms with Crippen molar-refractivity contribution in [2.75, 3.05) is 0 Å². The van der Waals surface area contributed by atoms with Gasteiger partial charge in [0.1, 0.15) is 5.82 Å². The number of alkyl halides is 1. The summed E-state index contributed by atoms with van der Waals surface area (Å²) in [6.45, 7) is 2.27. The molecule has 2 aromatic carbocycles. The molecule has 1 fully saturated rings. The predicted molar refractivity (Wildman–Crippen MR) is 130 cm³/mol. The summed E-state index contributed by atoms with van der Waals surface area (Å²) in [5.74, 6) is 0.197. The lowest BCUT2D eigenvalue weighted by Gasteiger charge is -2.33.